The van der Waals surface area contributed by atoms with Crippen LogP contribution in [0.4, 0.5) is 0 Å². The molecule has 0 aromatic rings. The van der Waals surface area contributed by atoms with Gasteiger partial charge in [0, 0.05) is 6.42 Å². The fourth-order valence-corrected chi connectivity index (χ4v) is 3.78. The Balaban J connectivity index is 1.83. The second-order valence-electron chi connectivity index (χ2n) is 8.21. The number of hydrogen-bond acceptors (Lipinski definition) is 3. The number of aliphatic hydroxyl groups is 1. The van der Waals surface area contributed by atoms with Crippen LogP contribution in [0, 0.1) is 0 Å². The fourth-order valence-electron chi connectivity index (χ4n) is 3.78. The molecule has 158 valence electrons. The molecule has 1 saturated carbocycles. The largest absolute Gasteiger partial charge is 0.460 e. The Morgan fingerprint density at radius 2 is 1.41 bits per heavy atom. The van der Waals surface area contributed by atoms with Crippen molar-refractivity contribution in [3.63, 3.8) is 0 Å². The summed E-state index contributed by atoms with van der Waals surface area (Å²) in [7, 11) is 0. The van der Waals surface area contributed by atoms with E-state index in [2.05, 4.69) is 19.1 Å². The second-order valence-corrected chi connectivity index (χ2v) is 8.21. The highest BCUT2D eigenvalue weighted by Gasteiger charge is 2.26. The maximum absolute atomic E-state index is 11.8. The van der Waals surface area contributed by atoms with Crippen molar-refractivity contribution in [3.8, 4) is 0 Å². The lowest BCUT2D eigenvalue weighted by Crippen LogP contribution is -2.34. The van der Waals surface area contributed by atoms with Gasteiger partial charge in [-0.15, -0.1) is 0 Å². The van der Waals surface area contributed by atoms with Gasteiger partial charge in [0.25, 0.3) is 0 Å². The zero-order valence-electron chi connectivity index (χ0n) is 17.8. The average molecular weight is 381 g/mol. The first-order valence-corrected chi connectivity index (χ1v) is 11.8. The van der Waals surface area contributed by atoms with Crippen molar-refractivity contribution in [2.45, 2.75) is 135 Å². The topological polar surface area (TPSA) is 46.5 Å². The minimum atomic E-state index is -0.447. The first-order valence-electron chi connectivity index (χ1n) is 11.8. The summed E-state index contributed by atoms with van der Waals surface area (Å²) < 4.78 is 5.42. The van der Waals surface area contributed by atoms with Crippen molar-refractivity contribution >= 4 is 5.97 Å². The predicted octanol–water partition coefficient (Wildman–Crippen LogP) is 6.87. The third-order valence-corrected chi connectivity index (χ3v) is 5.59. The average Bonchev–Trinajstić information content (AvgIpc) is 2.66. The number of ether oxygens (including phenoxy) is 1. The van der Waals surface area contributed by atoms with Crippen LogP contribution in [0.1, 0.15) is 122 Å². The molecule has 2 atom stereocenters. The van der Waals surface area contributed by atoms with Crippen molar-refractivity contribution in [1.29, 1.82) is 0 Å². The molecule has 0 radical (unpaired) electrons. The van der Waals surface area contributed by atoms with Crippen molar-refractivity contribution in [1.82, 2.24) is 0 Å². The molecule has 0 aliphatic heterocycles. The molecule has 1 rings (SSSR count). The zero-order chi connectivity index (χ0) is 19.6. The summed E-state index contributed by atoms with van der Waals surface area (Å²) in [5.41, 5.74) is 0. The number of carbonyl (C=O) groups excluding carboxylic acids is 1. The smallest absolute Gasteiger partial charge is 0.306 e. The van der Waals surface area contributed by atoms with Gasteiger partial charge in [0.2, 0.25) is 0 Å². The van der Waals surface area contributed by atoms with E-state index in [4.69, 9.17) is 4.74 Å². The predicted molar refractivity (Wildman–Crippen MR) is 114 cm³/mol. The van der Waals surface area contributed by atoms with E-state index < -0.39 is 6.10 Å². The maximum atomic E-state index is 11.8. The molecule has 1 N–H and O–H groups in total. The number of allylic oxidation sites excluding steroid dienone is 2. The van der Waals surface area contributed by atoms with Crippen LogP contribution in [0.25, 0.3) is 0 Å². The molecular formula is C24H44O3. The molecule has 1 aliphatic rings. The third-order valence-electron chi connectivity index (χ3n) is 5.59. The Labute approximate surface area is 168 Å². The van der Waals surface area contributed by atoms with Crippen molar-refractivity contribution in [2.24, 2.45) is 0 Å². The van der Waals surface area contributed by atoms with E-state index in [1.54, 1.807) is 0 Å². The first kappa shape index (κ1) is 24.2. The summed E-state index contributed by atoms with van der Waals surface area (Å²) in [6, 6.07) is 0. The lowest BCUT2D eigenvalue weighted by Gasteiger charge is -2.27. The summed E-state index contributed by atoms with van der Waals surface area (Å²) in [6.45, 7) is 2.26. The zero-order valence-corrected chi connectivity index (χ0v) is 17.8. The van der Waals surface area contributed by atoms with Crippen LogP contribution in [-0.2, 0) is 9.53 Å². The van der Waals surface area contributed by atoms with Crippen molar-refractivity contribution in [2.75, 3.05) is 0 Å². The molecule has 0 bridgehead atoms. The lowest BCUT2D eigenvalue weighted by molar-refractivity contribution is -0.157. The molecule has 1 fully saturated rings. The number of aliphatic hydroxyl groups excluding tert-OH is 1. The summed E-state index contributed by atoms with van der Waals surface area (Å²) in [5, 5.41) is 9.84. The third kappa shape index (κ3) is 13.9. The van der Waals surface area contributed by atoms with E-state index in [0.29, 0.717) is 6.42 Å². The quantitative estimate of drug-likeness (QED) is 0.180. The van der Waals surface area contributed by atoms with Gasteiger partial charge in [-0.05, 0) is 51.4 Å². The van der Waals surface area contributed by atoms with Gasteiger partial charge >= 0.3 is 5.97 Å². The van der Waals surface area contributed by atoms with E-state index >= 15 is 0 Å². The minimum absolute atomic E-state index is 0.126. The van der Waals surface area contributed by atoms with Crippen LogP contribution in [0.3, 0.4) is 0 Å². The normalized spacial score (nSPS) is 20.2. The van der Waals surface area contributed by atoms with Crippen molar-refractivity contribution < 1.29 is 14.6 Å². The SMILES string of the molecule is CCCCCCCC/C=C\CCCCCCCC(=O)OC1CCCCC1O. The Kier molecular flexibility index (Phi) is 15.5. The number of rotatable bonds is 16. The van der Waals surface area contributed by atoms with Gasteiger partial charge < -0.3 is 9.84 Å². The van der Waals surface area contributed by atoms with E-state index in [1.807, 2.05) is 0 Å². The molecule has 0 spiro atoms. The highest BCUT2D eigenvalue weighted by atomic mass is 16.6. The Morgan fingerprint density at radius 1 is 0.852 bits per heavy atom. The molecule has 3 heteroatoms. The van der Waals surface area contributed by atoms with Gasteiger partial charge in [-0.1, -0.05) is 76.9 Å². The van der Waals surface area contributed by atoms with Gasteiger partial charge in [-0.2, -0.15) is 0 Å². The van der Waals surface area contributed by atoms with Crippen LogP contribution in [0.2, 0.25) is 0 Å². The molecule has 2 unspecified atom stereocenters. The van der Waals surface area contributed by atoms with E-state index in [1.165, 1.54) is 70.6 Å². The van der Waals surface area contributed by atoms with Gasteiger partial charge in [-0.25, -0.2) is 0 Å². The molecule has 0 heterocycles. The van der Waals surface area contributed by atoms with Gasteiger partial charge in [0.05, 0.1) is 6.10 Å². The molecular weight excluding hydrogens is 336 g/mol. The summed E-state index contributed by atoms with van der Waals surface area (Å²) in [6.07, 6.45) is 24.6. The van der Waals surface area contributed by atoms with Crippen LogP contribution >= 0.6 is 0 Å². The second kappa shape index (κ2) is 17.3. The summed E-state index contributed by atoms with van der Waals surface area (Å²) >= 11 is 0. The Hall–Kier alpha value is -0.830. The standard InChI is InChI=1S/C24H44O3/c1-2-3-4-5-6-7-8-9-10-11-12-13-14-15-16-21-24(26)27-23-20-18-17-19-22(23)25/h9-10,22-23,25H,2-8,11-21H2,1H3/b10-9-. The highest BCUT2D eigenvalue weighted by Crippen LogP contribution is 2.22. The number of esters is 1. The minimum Gasteiger partial charge on any atom is -0.460 e. The Bertz CT molecular complexity index is 378. The number of unbranched alkanes of at least 4 members (excludes halogenated alkanes) is 11. The van der Waals surface area contributed by atoms with Crippen LogP contribution in [0.5, 0.6) is 0 Å². The highest BCUT2D eigenvalue weighted by molar-refractivity contribution is 5.69. The van der Waals surface area contributed by atoms with Crippen LogP contribution < -0.4 is 0 Å². The molecule has 0 aromatic heterocycles. The maximum Gasteiger partial charge on any atom is 0.306 e. The van der Waals surface area contributed by atoms with Crippen LogP contribution in [0.15, 0.2) is 12.2 Å². The van der Waals surface area contributed by atoms with Gasteiger partial charge in [0.1, 0.15) is 6.10 Å². The number of hydrogen-bond donors (Lipinski definition) is 1. The molecule has 0 saturated heterocycles. The van der Waals surface area contributed by atoms with Gasteiger partial charge in [0.15, 0.2) is 0 Å². The van der Waals surface area contributed by atoms with E-state index in [-0.39, 0.29) is 12.1 Å². The molecule has 0 amide bonds. The Morgan fingerprint density at radius 3 is 2.04 bits per heavy atom. The first-order chi connectivity index (χ1) is 13.2. The van der Waals surface area contributed by atoms with Crippen LogP contribution in [-0.4, -0.2) is 23.3 Å². The van der Waals surface area contributed by atoms with Gasteiger partial charge in [-0.3, -0.25) is 4.79 Å². The lowest BCUT2D eigenvalue weighted by atomic mass is 9.95. The molecule has 1 aliphatic carbocycles. The van der Waals surface area contributed by atoms with E-state index in [9.17, 15) is 9.90 Å². The molecule has 3 nitrogen and oxygen atoms in total. The molecule has 0 aromatic carbocycles. The monoisotopic (exact) mass is 380 g/mol. The summed E-state index contributed by atoms with van der Waals surface area (Å²) in [4.78, 5) is 11.8. The summed E-state index contributed by atoms with van der Waals surface area (Å²) in [5.74, 6) is -0.126. The number of carbonyl (C=O) groups is 1. The fraction of sp³-hybridized carbons (Fsp3) is 0.875. The van der Waals surface area contributed by atoms with Crippen molar-refractivity contribution in [3.05, 3.63) is 12.2 Å². The molecule has 27 heavy (non-hydrogen) atoms. The van der Waals surface area contributed by atoms with E-state index in [0.717, 1.165) is 38.5 Å².